The molecule has 1 aliphatic rings. The molecule has 0 radical (unpaired) electrons. The van der Waals surface area contributed by atoms with Gasteiger partial charge in [-0.05, 0) is 35.3 Å². The van der Waals surface area contributed by atoms with Crippen molar-refractivity contribution in [3.05, 3.63) is 30.3 Å². The number of hydrogen-bond donors (Lipinski definition) is 2. The van der Waals surface area contributed by atoms with Crippen LogP contribution < -0.4 is 10.6 Å². The van der Waals surface area contributed by atoms with E-state index in [1.54, 1.807) is 4.57 Å². The number of thioether (sulfide) groups is 1. The summed E-state index contributed by atoms with van der Waals surface area (Å²) in [6.45, 7) is 1.37. The predicted octanol–water partition coefficient (Wildman–Crippen LogP) is 3.21. The summed E-state index contributed by atoms with van der Waals surface area (Å²) < 4.78 is 6.60. The van der Waals surface area contributed by atoms with Crippen molar-refractivity contribution in [2.75, 3.05) is 11.1 Å². The first kappa shape index (κ1) is 22.0. The molecule has 0 unspecified atom stereocenters. The number of amides is 2. The molecular formula is C21H25N7O3S. The second-order valence-corrected chi connectivity index (χ2v) is 8.61. The molecule has 0 saturated heterocycles. The molecule has 2 heterocycles. The number of carbonyl (C=O) groups is 2. The summed E-state index contributed by atoms with van der Waals surface area (Å²) in [6.07, 6.45) is 6.86. The van der Waals surface area contributed by atoms with Crippen molar-refractivity contribution in [3.63, 3.8) is 0 Å². The van der Waals surface area contributed by atoms with Crippen molar-refractivity contribution < 1.29 is 14.2 Å². The van der Waals surface area contributed by atoms with Crippen LogP contribution in [0.5, 0.6) is 0 Å². The molecule has 0 spiro atoms. The normalized spacial score (nSPS) is 14.7. The van der Waals surface area contributed by atoms with E-state index in [4.69, 9.17) is 4.63 Å². The van der Waals surface area contributed by atoms with E-state index in [1.165, 1.54) is 31.5 Å². The van der Waals surface area contributed by atoms with Crippen molar-refractivity contribution in [1.29, 1.82) is 0 Å². The average molecular weight is 456 g/mol. The molecule has 1 saturated carbocycles. The molecule has 0 aliphatic heterocycles. The SMILES string of the molecule is CC(=O)Nc1nonc1-c1nnc(SCC(=O)NC2CCCCCC2)n1-c1ccccc1. The highest BCUT2D eigenvalue weighted by Gasteiger charge is 2.24. The third-order valence-electron chi connectivity index (χ3n) is 5.20. The fourth-order valence-corrected chi connectivity index (χ4v) is 4.50. The van der Waals surface area contributed by atoms with Gasteiger partial charge < -0.3 is 10.6 Å². The van der Waals surface area contributed by atoms with E-state index in [0.717, 1.165) is 31.4 Å². The molecule has 32 heavy (non-hydrogen) atoms. The summed E-state index contributed by atoms with van der Waals surface area (Å²) in [5.74, 6) is 0.403. The first-order valence-corrected chi connectivity index (χ1v) is 11.6. The van der Waals surface area contributed by atoms with Gasteiger partial charge in [0.1, 0.15) is 0 Å². The number of anilines is 1. The standard InChI is InChI=1S/C21H25N7O3S/c1-14(29)22-19-18(26-31-27-19)20-24-25-21(28(20)16-11-7-4-8-12-16)32-13-17(30)23-15-9-5-2-3-6-10-15/h4,7-8,11-12,15H,2-3,5-6,9-10,13H2,1H3,(H,23,30)(H,22,27,29). The lowest BCUT2D eigenvalue weighted by atomic mass is 10.1. The molecule has 1 aromatic carbocycles. The first-order valence-electron chi connectivity index (χ1n) is 10.7. The fraction of sp³-hybridized carbons (Fsp3) is 0.429. The van der Waals surface area contributed by atoms with Crippen LogP contribution in [-0.4, -0.2) is 48.7 Å². The number of nitrogens with one attached hydrogen (secondary N) is 2. The second kappa shape index (κ2) is 10.4. The zero-order valence-corrected chi connectivity index (χ0v) is 18.6. The molecule has 0 bridgehead atoms. The molecule has 2 amide bonds. The Hall–Kier alpha value is -3.21. The Kier molecular flexibility index (Phi) is 7.15. The topological polar surface area (TPSA) is 128 Å². The Morgan fingerprint density at radius 3 is 2.56 bits per heavy atom. The lowest BCUT2D eigenvalue weighted by Crippen LogP contribution is -2.35. The molecule has 3 aromatic rings. The van der Waals surface area contributed by atoms with Gasteiger partial charge in [0.25, 0.3) is 0 Å². The van der Waals surface area contributed by atoms with Crippen LogP contribution >= 0.6 is 11.8 Å². The van der Waals surface area contributed by atoms with Crippen molar-refractivity contribution in [3.8, 4) is 17.2 Å². The van der Waals surface area contributed by atoms with Gasteiger partial charge in [-0.2, -0.15) is 0 Å². The van der Waals surface area contributed by atoms with Gasteiger partial charge in [0.2, 0.25) is 17.6 Å². The molecule has 4 rings (SSSR count). The highest BCUT2D eigenvalue weighted by molar-refractivity contribution is 7.99. The third-order valence-corrected chi connectivity index (χ3v) is 6.12. The van der Waals surface area contributed by atoms with Crippen LogP contribution in [0.25, 0.3) is 17.2 Å². The van der Waals surface area contributed by atoms with Crippen molar-refractivity contribution in [2.24, 2.45) is 0 Å². The van der Waals surface area contributed by atoms with Crippen LogP contribution in [0.1, 0.15) is 45.4 Å². The molecule has 11 heteroatoms. The largest absolute Gasteiger partial charge is 0.353 e. The highest BCUT2D eigenvalue weighted by atomic mass is 32.2. The van der Waals surface area contributed by atoms with Gasteiger partial charge in [0.05, 0.1) is 5.75 Å². The van der Waals surface area contributed by atoms with Crippen molar-refractivity contribution in [2.45, 2.75) is 56.6 Å². The van der Waals surface area contributed by atoms with Crippen molar-refractivity contribution in [1.82, 2.24) is 30.4 Å². The highest BCUT2D eigenvalue weighted by Crippen LogP contribution is 2.30. The molecule has 1 aliphatic carbocycles. The molecule has 2 N–H and O–H groups in total. The number of nitrogens with zero attached hydrogens (tertiary/aromatic N) is 5. The Bertz CT molecular complexity index is 1060. The minimum Gasteiger partial charge on any atom is -0.353 e. The Balaban J connectivity index is 1.56. The van der Waals surface area contributed by atoms with Gasteiger partial charge in [-0.3, -0.25) is 14.2 Å². The van der Waals surface area contributed by atoms with E-state index < -0.39 is 0 Å². The van der Waals surface area contributed by atoms with E-state index in [0.29, 0.717) is 11.0 Å². The van der Waals surface area contributed by atoms with E-state index in [1.807, 2.05) is 30.3 Å². The van der Waals surface area contributed by atoms with Gasteiger partial charge in [0.15, 0.2) is 16.7 Å². The zero-order chi connectivity index (χ0) is 22.3. The van der Waals surface area contributed by atoms with Crippen LogP contribution in [0, 0.1) is 0 Å². The average Bonchev–Trinajstić information content (AvgIpc) is 3.32. The van der Waals surface area contributed by atoms with Gasteiger partial charge >= 0.3 is 0 Å². The fourth-order valence-electron chi connectivity index (χ4n) is 3.73. The zero-order valence-electron chi connectivity index (χ0n) is 17.8. The summed E-state index contributed by atoms with van der Waals surface area (Å²) >= 11 is 1.29. The predicted molar refractivity (Wildman–Crippen MR) is 119 cm³/mol. The van der Waals surface area contributed by atoms with Crippen LogP contribution in [0.2, 0.25) is 0 Å². The van der Waals surface area contributed by atoms with Crippen molar-refractivity contribution >= 4 is 29.4 Å². The number of rotatable bonds is 7. The molecule has 1 fully saturated rings. The van der Waals surface area contributed by atoms with E-state index in [-0.39, 0.29) is 35.1 Å². The summed E-state index contributed by atoms with van der Waals surface area (Å²) in [5.41, 5.74) is 1.04. The molecular weight excluding hydrogens is 430 g/mol. The van der Waals surface area contributed by atoms with Gasteiger partial charge in [-0.1, -0.05) is 55.6 Å². The Morgan fingerprint density at radius 1 is 1.09 bits per heavy atom. The molecule has 0 atom stereocenters. The van der Waals surface area contributed by atoms with Gasteiger partial charge in [0, 0.05) is 18.7 Å². The smallest absolute Gasteiger partial charge is 0.230 e. The van der Waals surface area contributed by atoms with Crippen LogP contribution in [-0.2, 0) is 9.59 Å². The Labute approximate surface area is 189 Å². The number of carbonyl (C=O) groups excluding carboxylic acids is 2. The quantitative estimate of drug-likeness (QED) is 0.411. The lowest BCUT2D eigenvalue weighted by Gasteiger charge is -2.16. The number of para-hydroxylation sites is 1. The molecule has 10 nitrogen and oxygen atoms in total. The lowest BCUT2D eigenvalue weighted by molar-refractivity contribution is -0.119. The van der Waals surface area contributed by atoms with E-state index in [9.17, 15) is 9.59 Å². The van der Waals surface area contributed by atoms with Crippen LogP contribution in [0.3, 0.4) is 0 Å². The van der Waals surface area contributed by atoms with Gasteiger partial charge in [-0.15, -0.1) is 10.2 Å². The number of benzene rings is 1. The maximum Gasteiger partial charge on any atom is 0.230 e. The summed E-state index contributed by atoms with van der Waals surface area (Å²) in [5, 5.41) is 22.5. The number of aromatic nitrogens is 5. The first-order chi connectivity index (χ1) is 15.6. The maximum atomic E-state index is 12.6. The summed E-state index contributed by atoms with van der Waals surface area (Å²) in [4.78, 5) is 24.1. The summed E-state index contributed by atoms with van der Waals surface area (Å²) in [7, 11) is 0. The van der Waals surface area contributed by atoms with E-state index in [2.05, 4.69) is 31.1 Å². The van der Waals surface area contributed by atoms with E-state index >= 15 is 0 Å². The second-order valence-electron chi connectivity index (χ2n) is 7.66. The Morgan fingerprint density at radius 2 is 1.84 bits per heavy atom. The minimum absolute atomic E-state index is 0.0203. The van der Waals surface area contributed by atoms with Crippen LogP contribution in [0.15, 0.2) is 40.1 Å². The van der Waals surface area contributed by atoms with Crippen LogP contribution in [0.4, 0.5) is 5.82 Å². The maximum absolute atomic E-state index is 12.6. The van der Waals surface area contributed by atoms with Gasteiger partial charge in [-0.25, -0.2) is 4.63 Å². The summed E-state index contributed by atoms with van der Waals surface area (Å²) in [6, 6.07) is 9.72. The third kappa shape index (κ3) is 5.34. The number of hydrogen-bond acceptors (Lipinski definition) is 8. The molecule has 2 aromatic heterocycles. The molecule has 168 valence electrons. The monoisotopic (exact) mass is 455 g/mol. The minimum atomic E-state index is -0.308.